The number of aromatic nitrogens is 2. The Bertz CT molecular complexity index is 1440. The molecule has 8 nitrogen and oxygen atoms in total. The van der Waals surface area contributed by atoms with Crippen LogP contribution in [0.5, 0.6) is 0 Å². The number of halogens is 1. The first-order valence-corrected chi connectivity index (χ1v) is 13.4. The SMILES string of the molecule is COCC(=O)N1CCCN(CCNC(=O)c2c(-c3cc4cc(C)ccc4[nH]3)[nH]c3cc(Br)ccc23)CC1. The molecule has 1 aliphatic rings. The fourth-order valence-electron chi connectivity index (χ4n) is 5.07. The number of amides is 2. The second-order valence-electron chi connectivity index (χ2n) is 9.60. The van der Waals surface area contributed by atoms with E-state index in [9.17, 15) is 9.59 Å². The van der Waals surface area contributed by atoms with Gasteiger partial charge in [-0.3, -0.25) is 14.5 Å². The maximum atomic E-state index is 13.5. The Morgan fingerprint density at radius 3 is 2.73 bits per heavy atom. The lowest BCUT2D eigenvalue weighted by atomic mass is 10.1. The Hall–Kier alpha value is -3.14. The highest BCUT2D eigenvalue weighted by molar-refractivity contribution is 9.10. The van der Waals surface area contributed by atoms with E-state index in [0.29, 0.717) is 18.7 Å². The number of nitrogens with one attached hydrogen (secondary N) is 3. The Morgan fingerprint density at radius 1 is 1.03 bits per heavy atom. The number of ether oxygens (including phenoxy) is 1. The van der Waals surface area contributed by atoms with E-state index in [4.69, 9.17) is 4.74 Å². The molecule has 194 valence electrons. The molecular weight excluding hydrogens is 534 g/mol. The van der Waals surface area contributed by atoms with Gasteiger partial charge in [-0.2, -0.15) is 0 Å². The Kier molecular flexibility index (Phi) is 7.64. The van der Waals surface area contributed by atoms with Gasteiger partial charge >= 0.3 is 0 Å². The normalized spacial score (nSPS) is 14.8. The molecule has 0 saturated carbocycles. The van der Waals surface area contributed by atoms with Crippen LogP contribution in [0.4, 0.5) is 0 Å². The van der Waals surface area contributed by atoms with E-state index in [1.807, 2.05) is 23.1 Å². The molecule has 2 aromatic heterocycles. The number of carbonyl (C=O) groups is 2. The maximum absolute atomic E-state index is 13.5. The third kappa shape index (κ3) is 5.58. The van der Waals surface area contributed by atoms with E-state index in [1.165, 1.54) is 5.56 Å². The quantitative estimate of drug-likeness (QED) is 0.311. The number of hydrogen-bond acceptors (Lipinski definition) is 4. The zero-order valence-electron chi connectivity index (χ0n) is 21.2. The number of benzene rings is 2. The summed E-state index contributed by atoms with van der Waals surface area (Å²) in [6, 6.07) is 14.3. The molecule has 0 atom stereocenters. The van der Waals surface area contributed by atoms with Crippen LogP contribution in [0, 0.1) is 6.92 Å². The highest BCUT2D eigenvalue weighted by Gasteiger charge is 2.22. The van der Waals surface area contributed by atoms with Crippen LogP contribution < -0.4 is 5.32 Å². The summed E-state index contributed by atoms with van der Waals surface area (Å²) in [7, 11) is 1.54. The van der Waals surface area contributed by atoms with Crippen molar-refractivity contribution in [2.45, 2.75) is 13.3 Å². The summed E-state index contributed by atoms with van der Waals surface area (Å²) in [5, 5.41) is 5.13. The molecule has 0 unspecified atom stereocenters. The summed E-state index contributed by atoms with van der Waals surface area (Å²) in [5.41, 5.74) is 5.42. The van der Waals surface area contributed by atoms with Crippen LogP contribution in [0.2, 0.25) is 0 Å². The van der Waals surface area contributed by atoms with Crippen molar-refractivity contribution >= 4 is 49.6 Å². The third-order valence-electron chi connectivity index (χ3n) is 6.96. The zero-order chi connectivity index (χ0) is 25.9. The molecule has 3 N–H and O–H groups in total. The van der Waals surface area contributed by atoms with E-state index < -0.39 is 0 Å². The van der Waals surface area contributed by atoms with Gasteiger partial charge in [0.1, 0.15) is 6.61 Å². The molecule has 4 aromatic rings. The van der Waals surface area contributed by atoms with Crippen molar-refractivity contribution in [3.05, 3.63) is 58.1 Å². The number of aromatic amines is 2. The van der Waals surface area contributed by atoms with Crippen molar-refractivity contribution in [2.24, 2.45) is 0 Å². The molecular formula is C28H32BrN5O3. The lowest BCUT2D eigenvalue weighted by molar-refractivity contribution is -0.135. The lowest BCUT2D eigenvalue weighted by Crippen LogP contribution is -2.39. The molecule has 5 rings (SSSR count). The van der Waals surface area contributed by atoms with Gasteiger partial charge in [0.25, 0.3) is 5.91 Å². The molecule has 9 heteroatoms. The predicted octanol–water partition coefficient (Wildman–Crippen LogP) is 4.30. The van der Waals surface area contributed by atoms with Crippen molar-refractivity contribution in [3.63, 3.8) is 0 Å². The Labute approximate surface area is 224 Å². The highest BCUT2D eigenvalue weighted by Crippen LogP contribution is 2.33. The minimum absolute atomic E-state index is 0.0308. The van der Waals surface area contributed by atoms with Gasteiger partial charge in [0.05, 0.1) is 17.0 Å². The molecule has 37 heavy (non-hydrogen) atoms. The predicted molar refractivity (Wildman–Crippen MR) is 150 cm³/mol. The van der Waals surface area contributed by atoms with Gasteiger partial charge in [0.2, 0.25) is 5.91 Å². The fourth-order valence-corrected chi connectivity index (χ4v) is 5.43. The van der Waals surface area contributed by atoms with Crippen LogP contribution in [0.25, 0.3) is 33.2 Å². The van der Waals surface area contributed by atoms with Gasteiger partial charge in [-0.25, -0.2) is 0 Å². The minimum atomic E-state index is -0.106. The second kappa shape index (κ2) is 11.1. The van der Waals surface area contributed by atoms with E-state index in [1.54, 1.807) is 7.11 Å². The topological polar surface area (TPSA) is 93.5 Å². The number of rotatable bonds is 7. The number of H-pyrrole nitrogens is 2. The molecule has 1 aliphatic heterocycles. The van der Waals surface area contributed by atoms with Gasteiger partial charge in [-0.1, -0.05) is 33.6 Å². The van der Waals surface area contributed by atoms with E-state index in [0.717, 1.165) is 70.3 Å². The van der Waals surface area contributed by atoms with Crippen LogP contribution >= 0.6 is 15.9 Å². The van der Waals surface area contributed by atoms with Gasteiger partial charge in [-0.15, -0.1) is 0 Å². The van der Waals surface area contributed by atoms with Crippen molar-refractivity contribution in [2.75, 3.05) is 53.0 Å². The average molecular weight is 566 g/mol. The lowest BCUT2D eigenvalue weighted by Gasteiger charge is -2.22. The standard InChI is InChI=1S/C28H32BrN5O3/c1-18-4-7-22-19(14-18)15-24(31-22)27-26(21-6-5-20(29)16-23(21)32-27)28(36)30-8-11-33-9-3-10-34(13-12-33)25(35)17-37-2/h4-7,14-16,31-32H,3,8-13,17H2,1-2H3,(H,30,36). The highest BCUT2D eigenvalue weighted by atomic mass is 79.9. The number of nitrogens with zero attached hydrogens (tertiary/aromatic N) is 2. The summed E-state index contributed by atoms with van der Waals surface area (Å²) >= 11 is 3.54. The van der Waals surface area contributed by atoms with Crippen LogP contribution in [0.1, 0.15) is 22.3 Å². The monoisotopic (exact) mass is 565 g/mol. The molecule has 2 amide bonds. The Morgan fingerprint density at radius 2 is 1.89 bits per heavy atom. The van der Waals surface area contributed by atoms with Crippen molar-refractivity contribution in [1.82, 2.24) is 25.1 Å². The maximum Gasteiger partial charge on any atom is 0.254 e. The van der Waals surface area contributed by atoms with Gasteiger partial charge in [0, 0.05) is 66.1 Å². The molecule has 2 aromatic carbocycles. The summed E-state index contributed by atoms with van der Waals surface area (Å²) < 4.78 is 5.94. The minimum Gasteiger partial charge on any atom is -0.375 e. The van der Waals surface area contributed by atoms with Crippen molar-refractivity contribution < 1.29 is 14.3 Å². The molecule has 1 fully saturated rings. The number of fused-ring (bicyclic) bond motifs is 2. The van der Waals surface area contributed by atoms with Crippen LogP contribution in [0.15, 0.2) is 46.9 Å². The van der Waals surface area contributed by atoms with Gasteiger partial charge < -0.3 is 24.9 Å². The molecule has 1 saturated heterocycles. The average Bonchev–Trinajstić information content (AvgIpc) is 3.37. The molecule has 0 spiro atoms. The van der Waals surface area contributed by atoms with Crippen LogP contribution in [-0.2, 0) is 9.53 Å². The van der Waals surface area contributed by atoms with E-state index in [2.05, 4.69) is 67.3 Å². The van der Waals surface area contributed by atoms with Crippen molar-refractivity contribution in [3.8, 4) is 11.4 Å². The number of methoxy groups -OCH3 is 1. The first kappa shape index (κ1) is 25.5. The second-order valence-corrected chi connectivity index (χ2v) is 10.5. The summed E-state index contributed by atoms with van der Waals surface area (Å²) in [5.74, 6) is -0.0755. The molecule has 0 bridgehead atoms. The van der Waals surface area contributed by atoms with Crippen molar-refractivity contribution in [1.29, 1.82) is 0 Å². The van der Waals surface area contributed by atoms with Gasteiger partial charge in [0.15, 0.2) is 0 Å². The van der Waals surface area contributed by atoms with Crippen LogP contribution in [-0.4, -0.2) is 84.6 Å². The Balaban J connectivity index is 1.32. The third-order valence-corrected chi connectivity index (χ3v) is 7.45. The zero-order valence-corrected chi connectivity index (χ0v) is 22.8. The number of hydrogen-bond donors (Lipinski definition) is 3. The smallest absolute Gasteiger partial charge is 0.254 e. The first-order valence-electron chi connectivity index (χ1n) is 12.6. The van der Waals surface area contributed by atoms with Crippen LogP contribution in [0.3, 0.4) is 0 Å². The summed E-state index contributed by atoms with van der Waals surface area (Å²) in [4.78, 5) is 36.8. The molecule has 0 aliphatic carbocycles. The molecule has 0 radical (unpaired) electrons. The molecule has 3 heterocycles. The largest absolute Gasteiger partial charge is 0.375 e. The van der Waals surface area contributed by atoms with E-state index in [-0.39, 0.29) is 18.4 Å². The van der Waals surface area contributed by atoms with Gasteiger partial charge in [-0.05, 0) is 50.2 Å². The summed E-state index contributed by atoms with van der Waals surface area (Å²) in [6.45, 7) is 6.55. The first-order chi connectivity index (χ1) is 17.9. The fraction of sp³-hybridized carbons (Fsp3) is 0.357. The number of aryl methyl sites for hydroxylation is 1. The summed E-state index contributed by atoms with van der Waals surface area (Å²) in [6.07, 6.45) is 0.907. The number of carbonyl (C=O) groups excluding carboxylic acids is 2. The van der Waals surface area contributed by atoms with E-state index >= 15 is 0 Å².